The van der Waals surface area contributed by atoms with Gasteiger partial charge in [-0.2, -0.15) is 5.10 Å². The predicted octanol–water partition coefficient (Wildman–Crippen LogP) is 6.11. The number of amides is 1. The fourth-order valence-electron chi connectivity index (χ4n) is 3.32. The summed E-state index contributed by atoms with van der Waals surface area (Å²) in [5.74, 6) is -0.224. The number of rotatable bonds is 4. The van der Waals surface area contributed by atoms with Gasteiger partial charge in [0.05, 0.1) is 16.7 Å². The van der Waals surface area contributed by atoms with Crippen LogP contribution in [-0.4, -0.2) is 21.6 Å². The largest absolute Gasteiger partial charge is 0.274 e. The van der Waals surface area contributed by atoms with Crippen LogP contribution in [0.1, 0.15) is 33.9 Å². The summed E-state index contributed by atoms with van der Waals surface area (Å²) < 4.78 is 1.84. The first-order valence-electron chi connectivity index (χ1n) is 9.09. The summed E-state index contributed by atoms with van der Waals surface area (Å²) in [6.07, 6.45) is 0.516. The Balaban J connectivity index is 1.71. The van der Waals surface area contributed by atoms with Gasteiger partial charge in [-0.1, -0.05) is 56.1 Å². The minimum Gasteiger partial charge on any atom is -0.267 e. The summed E-state index contributed by atoms with van der Waals surface area (Å²) in [4.78, 5) is 23.8. The van der Waals surface area contributed by atoms with Crippen LogP contribution in [0.4, 0.5) is 5.69 Å². The average Bonchev–Trinajstić information content (AvgIpc) is 3.20. The molecule has 0 N–H and O–H groups in total. The Morgan fingerprint density at radius 3 is 2.07 bits per heavy atom. The molecule has 0 radical (unpaired) electrons. The molecule has 1 amide bonds. The van der Waals surface area contributed by atoms with E-state index in [-0.39, 0.29) is 17.6 Å². The molecule has 0 saturated heterocycles. The number of carbonyl (C=O) groups excluding carboxylic acids is 1. The number of halogens is 2. The molecule has 1 aliphatic rings. The van der Waals surface area contributed by atoms with Crippen LogP contribution in [0, 0.1) is 10.1 Å². The molecule has 8 heteroatoms. The van der Waals surface area contributed by atoms with Gasteiger partial charge in [-0.25, -0.2) is 5.01 Å². The molecule has 0 bridgehead atoms. The predicted molar refractivity (Wildman–Crippen MR) is 121 cm³/mol. The number of hydrazone groups is 1. The molecule has 0 fully saturated rings. The zero-order chi connectivity index (χ0) is 21.3. The van der Waals surface area contributed by atoms with Gasteiger partial charge >= 0.3 is 0 Å². The van der Waals surface area contributed by atoms with E-state index < -0.39 is 4.92 Å². The van der Waals surface area contributed by atoms with Crippen molar-refractivity contribution in [3.05, 3.63) is 109 Å². The summed E-state index contributed by atoms with van der Waals surface area (Å²) in [5, 5.41) is 17.1. The molecule has 1 aliphatic heterocycles. The van der Waals surface area contributed by atoms with E-state index in [9.17, 15) is 14.9 Å². The molecule has 0 spiro atoms. The van der Waals surface area contributed by atoms with Crippen molar-refractivity contribution in [3.63, 3.8) is 0 Å². The maximum atomic E-state index is 13.2. The number of non-ortho nitro benzene ring substituents is 1. The van der Waals surface area contributed by atoms with Gasteiger partial charge in [-0.3, -0.25) is 14.9 Å². The first-order chi connectivity index (χ1) is 14.4. The molecule has 4 rings (SSSR count). The summed E-state index contributed by atoms with van der Waals surface area (Å²) in [5.41, 5.74) is 3.04. The zero-order valence-corrected chi connectivity index (χ0v) is 18.7. The minimum absolute atomic E-state index is 0.0107. The number of nitro groups is 1. The number of carbonyl (C=O) groups is 1. The van der Waals surface area contributed by atoms with Crippen LogP contribution in [-0.2, 0) is 0 Å². The molecule has 3 aromatic carbocycles. The van der Waals surface area contributed by atoms with Crippen LogP contribution in [0.2, 0.25) is 0 Å². The fraction of sp³-hybridized carbons (Fsp3) is 0.0909. The topological polar surface area (TPSA) is 75.8 Å². The van der Waals surface area contributed by atoms with E-state index in [1.807, 2.05) is 36.4 Å². The number of hydrogen-bond acceptors (Lipinski definition) is 4. The SMILES string of the molecule is O=C(c1ccc(Br)cc1)N1N=C(c2ccc(Br)cc2)CC1c1ccc([N+](=O)[O-])cc1. The molecular weight excluding hydrogens is 514 g/mol. The van der Waals surface area contributed by atoms with Crippen molar-refractivity contribution >= 4 is 49.2 Å². The molecular formula is C22H15Br2N3O3. The summed E-state index contributed by atoms with van der Waals surface area (Å²) >= 11 is 6.81. The lowest BCUT2D eigenvalue weighted by Crippen LogP contribution is -2.27. The lowest BCUT2D eigenvalue weighted by molar-refractivity contribution is -0.384. The third kappa shape index (κ3) is 4.20. The van der Waals surface area contributed by atoms with Crippen LogP contribution in [0.5, 0.6) is 0 Å². The third-order valence-electron chi connectivity index (χ3n) is 4.88. The Morgan fingerprint density at radius 2 is 1.50 bits per heavy atom. The fourth-order valence-corrected chi connectivity index (χ4v) is 3.85. The van der Waals surface area contributed by atoms with Gasteiger partial charge in [0, 0.05) is 33.1 Å². The quantitative estimate of drug-likeness (QED) is 0.303. The van der Waals surface area contributed by atoms with Crippen molar-refractivity contribution in [2.45, 2.75) is 12.5 Å². The van der Waals surface area contributed by atoms with E-state index >= 15 is 0 Å². The second kappa shape index (κ2) is 8.49. The maximum Gasteiger partial charge on any atom is 0.274 e. The molecule has 1 heterocycles. The molecule has 6 nitrogen and oxygen atoms in total. The highest BCUT2D eigenvalue weighted by atomic mass is 79.9. The van der Waals surface area contributed by atoms with Gasteiger partial charge in [0.2, 0.25) is 0 Å². The standard InChI is InChI=1S/C22H15Br2N3O3/c23-17-7-1-14(2-8-17)20-13-21(15-5-11-19(12-6-15)27(29)30)26(25-20)22(28)16-3-9-18(24)10-4-16/h1-12,21H,13H2. The van der Waals surface area contributed by atoms with E-state index in [1.165, 1.54) is 17.1 Å². The molecule has 0 aromatic heterocycles. The summed E-state index contributed by atoms with van der Waals surface area (Å²) in [6, 6.07) is 20.8. The molecule has 30 heavy (non-hydrogen) atoms. The van der Waals surface area contributed by atoms with E-state index in [1.54, 1.807) is 24.3 Å². The van der Waals surface area contributed by atoms with Crippen molar-refractivity contribution in [1.29, 1.82) is 0 Å². The smallest absolute Gasteiger partial charge is 0.267 e. The maximum absolute atomic E-state index is 13.2. The molecule has 3 aromatic rings. The van der Waals surface area contributed by atoms with Gasteiger partial charge < -0.3 is 0 Å². The van der Waals surface area contributed by atoms with Gasteiger partial charge in [-0.15, -0.1) is 0 Å². The number of benzene rings is 3. The highest BCUT2D eigenvalue weighted by Gasteiger charge is 2.33. The monoisotopic (exact) mass is 527 g/mol. The van der Waals surface area contributed by atoms with Crippen molar-refractivity contribution < 1.29 is 9.72 Å². The second-order valence-corrected chi connectivity index (χ2v) is 8.61. The lowest BCUT2D eigenvalue weighted by atomic mass is 9.98. The normalized spacial score (nSPS) is 15.7. The van der Waals surface area contributed by atoms with Crippen molar-refractivity contribution in [1.82, 2.24) is 5.01 Å². The van der Waals surface area contributed by atoms with Crippen LogP contribution in [0.3, 0.4) is 0 Å². The number of nitro benzene ring substituents is 1. The van der Waals surface area contributed by atoms with E-state index in [0.717, 1.165) is 25.8 Å². The van der Waals surface area contributed by atoms with Crippen LogP contribution in [0.15, 0.2) is 86.8 Å². The van der Waals surface area contributed by atoms with Crippen LogP contribution in [0.25, 0.3) is 0 Å². The Labute approximate surface area is 189 Å². The highest BCUT2D eigenvalue weighted by molar-refractivity contribution is 9.10. The minimum atomic E-state index is -0.438. The highest BCUT2D eigenvalue weighted by Crippen LogP contribution is 2.35. The third-order valence-corrected chi connectivity index (χ3v) is 5.93. The van der Waals surface area contributed by atoms with Gasteiger partial charge in [-0.05, 0) is 47.5 Å². The molecule has 1 unspecified atom stereocenters. The Morgan fingerprint density at radius 1 is 0.933 bits per heavy atom. The van der Waals surface area contributed by atoms with Crippen molar-refractivity contribution in [2.75, 3.05) is 0 Å². The molecule has 1 atom stereocenters. The number of nitrogens with zero attached hydrogens (tertiary/aromatic N) is 3. The number of hydrogen-bond donors (Lipinski definition) is 0. The van der Waals surface area contributed by atoms with E-state index in [4.69, 9.17) is 0 Å². The van der Waals surface area contributed by atoms with Gasteiger partial charge in [0.15, 0.2) is 0 Å². The Bertz CT molecular complexity index is 1130. The lowest BCUT2D eigenvalue weighted by Gasteiger charge is -2.22. The zero-order valence-electron chi connectivity index (χ0n) is 15.5. The average molecular weight is 529 g/mol. The van der Waals surface area contributed by atoms with E-state index in [2.05, 4.69) is 37.0 Å². The van der Waals surface area contributed by atoms with Gasteiger partial charge in [0.1, 0.15) is 0 Å². The first-order valence-corrected chi connectivity index (χ1v) is 10.7. The molecule has 150 valence electrons. The molecule has 0 saturated carbocycles. The van der Waals surface area contributed by atoms with Crippen LogP contribution < -0.4 is 0 Å². The van der Waals surface area contributed by atoms with Crippen LogP contribution >= 0.6 is 31.9 Å². The second-order valence-electron chi connectivity index (χ2n) is 6.78. The Kier molecular flexibility index (Phi) is 5.78. The van der Waals surface area contributed by atoms with Gasteiger partial charge in [0.25, 0.3) is 11.6 Å². The molecule has 0 aliphatic carbocycles. The van der Waals surface area contributed by atoms with E-state index in [0.29, 0.717) is 12.0 Å². The Hall–Kier alpha value is -2.84. The first kappa shape index (κ1) is 20.4. The van der Waals surface area contributed by atoms with Crippen molar-refractivity contribution in [2.24, 2.45) is 5.10 Å². The summed E-state index contributed by atoms with van der Waals surface area (Å²) in [7, 11) is 0. The summed E-state index contributed by atoms with van der Waals surface area (Å²) in [6.45, 7) is 0. The van der Waals surface area contributed by atoms with Crippen molar-refractivity contribution in [3.8, 4) is 0 Å².